The molecule has 0 saturated carbocycles. The predicted octanol–water partition coefficient (Wildman–Crippen LogP) is 0.408. The Kier molecular flexibility index (Phi) is 4.24. The number of amides is 1. The van der Waals surface area contributed by atoms with Gasteiger partial charge in [0.25, 0.3) is 0 Å². The molecule has 1 aromatic rings. The number of hydrogen-bond acceptors (Lipinski definition) is 5. The lowest BCUT2D eigenvalue weighted by Crippen LogP contribution is -2.50. The molecule has 1 aromatic heterocycles. The van der Waals surface area contributed by atoms with Gasteiger partial charge < -0.3 is 15.5 Å². The highest BCUT2D eigenvalue weighted by molar-refractivity contribution is 5.78. The zero-order valence-electron chi connectivity index (χ0n) is 12.4. The molecule has 0 atom stereocenters. The molecule has 21 heavy (non-hydrogen) atoms. The first kappa shape index (κ1) is 14.1. The van der Waals surface area contributed by atoms with Crippen molar-refractivity contribution in [2.24, 2.45) is 0 Å². The molecule has 6 heteroatoms. The zero-order chi connectivity index (χ0) is 14.7. The van der Waals surface area contributed by atoms with Crippen molar-refractivity contribution >= 4 is 17.4 Å². The number of carbonyl (C=O) groups excluding carboxylic acids is 1. The fraction of sp³-hybridized carbons (Fsp3) is 0.600. The fourth-order valence-electron chi connectivity index (χ4n) is 3.05. The van der Waals surface area contributed by atoms with Crippen LogP contribution in [0.25, 0.3) is 0 Å². The van der Waals surface area contributed by atoms with Gasteiger partial charge in [-0.25, -0.2) is 4.98 Å². The van der Waals surface area contributed by atoms with Crippen LogP contribution in [0.4, 0.5) is 11.5 Å². The number of pyridine rings is 1. The summed E-state index contributed by atoms with van der Waals surface area (Å²) in [5.41, 5.74) is 6.69. The highest BCUT2D eigenvalue weighted by atomic mass is 16.2. The third-order valence-corrected chi connectivity index (χ3v) is 4.31. The molecule has 6 nitrogen and oxygen atoms in total. The van der Waals surface area contributed by atoms with Crippen molar-refractivity contribution < 1.29 is 4.79 Å². The van der Waals surface area contributed by atoms with Gasteiger partial charge in [0.05, 0.1) is 12.2 Å². The maximum Gasteiger partial charge on any atom is 0.236 e. The number of nitrogen functional groups attached to an aromatic ring is 1. The number of likely N-dealkylation sites (tertiary alicyclic amines) is 1. The molecule has 2 aliphatic heterocycles. The quantitative estimate of drug-likeness (QED) is 0.873. The first-order valence-electron chi connectivity index (χ1n) is 7.69. The smallest absolute Gasteiger partial charge is 0.236 e. The maximum atomic E-state index is 12.2. The van der Waals surface area contributed by atoms with Crippen molar-refractivity contribution in [3.8, 4) is 0 Å². The van der Waals surface area contributed by atoms with Crippen molar-refractivity contribution in [3.63, 3.8) is 0 Å². The van der Waals surface area contributed by atoms with Crippen molar-refractivity contribution in [3.05, 3.63) is 18.3 Å². The minimum absolute atomic E-state index is 0.276. The number of nitrogens with two attached hydrogens (primary N) is 1. The van der Waals surface area contributed by atoms with Gasteiger partial charge in [0.1, 0.15) is 0 Å². The monoisotopic (exact) mass is 289 g/mol. The van der Waals surface area contributed by atoms with E-state index in [1.807, 2.05) is 17.0 Å². The van der Waals surface area contributed by atoms with Crippen LogP contribution in [-0.2, 0) is 4.79 Å². The molecule has 3 heterocycles. The SMILES string of the molecule is Nc1cccnc1N1CCN(CC(=O)N2CCCC2)CC1. The average Bonchev–Trinajstić information content (AvgIpc) is 3.03. The van der Waals surface area contributed by atoms with E-state index in [4.69, 9.17) is 5.73 Å². The van der Waals surface area contributed by atoms with Gasteiger partial charge in [0, 0.05) is 45.5 Å². The number of anilines is 2. The summed E-state index contributed by atoms with van der Waals surface area (Å²) in [5, 5.41) is 0. The van der Waals surface area contributed by atoms with Crippen molar-refractivity contribution in [2.45, 2.75) is 12.8 Å². The molecule has 2 saturated heterocycles. The topological polar surface area (TPSA) is 65.7 Å². The number of hydrogen-bond donors (Lipinski definition) is 1. The lowest BCUT2D eigenvalue weighted by molar-refractivity contribution is -0.131. The molecule has 3 rings (SSSR count). The number of piperazine rings is 1. The number of carbonyl (C=O) groups is 1. The number of aromatic nitrogens is 1. The summed E-state index contributed by atoms with van der Waals surface area (Å²) in [5.74, 6) is 1.14. The second-order valence-electron chi connectivity index (χ2n) is 5.77. The lowest BCUT2D eigenvalue weighted by Gasteiger charge is -2.36. The van der Waals surface area contributed by atoms with Gasteiger partial charge in [-0.15, -0.1) is 0 Å². The van der Waals surface area contributed by atoms with Crippen molar-refractivity contribution in [2.75, 3.05) is 56.4 Å². The van der Waals surface area contributed by atoms with Gasteiger partial charge in [-0.1, -0.05) is 0 Å². The van der Waals surface area contributed by atoms with E-state index in [-0.39, 0.29) is 5.91 Å². The van der Waals surface area contributed by atoms with E-state index in [1.165, 1.54) is 0 Å². The molecular formula is C15H23N5O. The molecule has 0 radical (unpaired) electrons. The van der Waals surface area contributed by atoms with E-state index in [0.29, 0.717) is 6.54 Å². The standard InChI is InChI=1S/C15H23N5O/c16-13-4-3-5-17-15(13)20-10-8-18(9-11-20)12-14(21)19-6-1-2-7-19/h3-5H,1-2,6-12,16H2. The summed E-state index contributed by atoms with van der Waals surface area (Å²) < 4.78 is 0. The highest BCUT2D eigenvalue weighted by Gasteiger charge is 2.24. The summed E-state index contributed by atoms with van der Waals surface area (Å²) in [7, 11) is 0. The zero-order valence-corrected chi connectivity index (χ0v) is 12.4. The number of nitrogens with zero attached hydrogens (tertiary/aromatic N) is 4. The van der Waals surface area contributed by atoms with E-state index in [1.54, 1.807) is 6.20 Å². The summed E-state index contributed by atoms with van der Waals surface area (Å²) in [6.07, 6.45) is 4.08. The molecule has 2 aliphatic rings. The molecular weight excluding hydrogens is 266 g/mol. The summed E-state index contributed by atoms with van der Waals surface area (Å²) >= 11 is 0. The molecule has 0 bridgehead atoms. The molecule has 0 spiro atoms. The van der Waals surface area contributed by atoms with E-state index in [9.17, 15) is 4.79 Å². The normalized spacial score (nSPS) is 20.0. The van der Waals surface area contributed by atoms with Crippen LogP contribution in [-0.4, -0.2) is 66.5 Å². The molecule has 0 aromatic carbocycles. The van der Waals surface area contributed by atoms with Gasteiger partial charge in [-0.05, 0) is 25.0 Å². The van der Waals surface area contributed by atoms with Crippen LogP contribution in [0.1, 0.15) is 12.8 Å². The molecule has 0 aliphatic carbocycles. The van der Waals surface area contributed by atoms with E-state index in [0.717, 1.165) is 63.6 Å². The minimum atomic E-state index is 0.276. The van der Waals surface area contributed by atoms with Crippen LogP contribution < -0.4 is 10.6 Å². The van der Waals surface area contributed by atoms with Crippen LogP contribution in [0, 0.1) is 0 Å². The van der Waals surface area contributed by atoms with Gasteiger partial charge >= 0.3 is 0 Å². The highest BCUT2D eigenvalue weighted by Crippen LogP contribution is 2.20. The Labute approximate surface area is 125 Å². The van der Waals surface area contributed by atoms with E-state index >= 15 is 0 Å². The Balaban J connectivity index is 1.51. The third kappa shape index (κ3) is 3.26. The summed E-state index contributed by atoms with van der Waals surface area (Å²) in [6, 6.07) is 3.73. The molecule has 2 N–H and O–H groups in total. The van der Waals surface area contributed by atoms with Crippen LogP contribution in [0.15, 0.2) is 18.3 Å². The number of rotatable bonds is 3. The Hall–Kier alpha value is -1.82. The van der Waals surface area contributed by atoms with Crippen LogP contribution in [0.2, 0.25) is 0 Å². The molecule has 114 valence electrons. The Morgan fingerprint density at radius 1 is 1.14 bits per heavy atom. The average molecular weight is 289 g/mol. The predicted molar refractivity (Wildman–Crippen MR) is 83.1 cm³/mol. The Bertz CT molecular complexity index is 493. The van der Waals surface area contributed by atoms with Crippen LogP contribution >= 0.6 is 0 Å². The lowest BCUT2D eigenvalue weighted by atomic mass is 10.2. The first-order valence-corrected chi connectivity index (χ1v) is 7.69. The minimum Gasteiger partial charge on any atom is -0.396 e. The van der Waals surface area contributed by atoms with Gasteiger partial charge in [0.2, 0.25) is 5.91 Å². The fourth-order valence-corrected chi connectivity index (χ4v) is 3.05. The van der Waals surface area contributed by atoms with E-state index < -0.39 is 0 Å². The molecule has 0 unspecified atom stereocenters. The second kappa shape index (κ2) is 6.30. The van der Waals surface area contributed by atoms with Crippen LogP contribution in [0.3, 0.4) is 0 Å². The van der Waals surface area contributed by atoms with Crippen molar-refractivity contribution in [1.29, 1.82) is 0 Å². The van der Waals surface area contributed by atoms with Crippen LogP contribution in [0.5, 0.6) is 0 Å². The first-order chi connectivity index (χ1) is 10.2. The summed E-state index contributed by atoms with van der Waals surface area (Å²) in [4.78, 5) is 22.9. The van der Waals surface area contributed by atoms with Gasteiger partial charge in [0.15, 0.2) is 5.82 Å². The molecule has 1 amide bonds. The molecule has 2 fully saturated rings. The van der Waals surface area contributed by atoms with Gasteiger partial charge in [-0.2, -0.15) is 0 Å². The van der Waals surface area contributed by atoms with Gasteiger partial charge in [-0.3, -0.25) is 9.69 Å². The van der Waals surface area contributed by atoms with E-state index in [2.05, 4.69) is 14.8 Å². The van der Waals surface area contributed by atoms with Crippen molar-refractivity contribution in [1.82, 2.24) is 14.8 Å². The Morgan fingerprint density at radius 3 is 2.52 bits per heavy atom. The maximum absolute atomic E-state index is 12.2. The Morgan fingerprint density at radius 2 is 1.86 bits per heavy atom. The largest absolute Gasteiger partial charge is 0.396 e. The third-order valence-electron chi connectivity index (χ3n) is 4.31. The summed E-state index contributed by atoms with van der Waals surface area (Å²) in [6.45, 7) is 5.92. The second-order valence-corrected chi connectivity index (χ2v) is 5.77.